The van der Waals surface area contributed by atoms with E-state index in [1.165, 1.54) is 0 Å². The second-order valence-corrected chi connectivity index (χ2v) is 19.6. The number of alkyl halides is 6. The summed E-state index contributed by atoms with van der Waals surface area (Å²) in [6.45, 7) is 7.92. The Bertz CT molecular complexity index is 1590. The number of carbonyl (C=O) groups excluding carboxylic acids is 2. The summed E-state index contributed by atoms with van der Waals surface area (Å²) in [5.74, 6) is 0.210. The van der Waals surface area contributed by atoms with Crippen LogP contribution in [-0.4, -0.2) is 66.2 Å². The molecule has 0 amide bonds. The molecule has 0 aromatic carbocycles. The second-order valence-electron chi connectivity index (χ2n) is 16.4. The largest absolute Gasteiger partial charge is 0.523 e. The van der Waals surface area contributed by atoms with Crippen LogP contribution in [0.25, 0.3) is 0 Å². The molecule has 8 bridgehead atoms. The van der Waals surface area contributed by atoms with Gasteiger partial charge in [-0.3, -0.25) is 8.37 Å². The number of esters is 2. The summed E-state index contributed by atoms with van der Waals surface area (Å²) in [4.78, 5) is 23.1. The van der Waals surface area contributed by atoms with Crippen LogP contribution in [-0.2, 0) is 47.7 Å². The van der Waals surface area contributed by atoms with Gasteiger partial charge in [-0.25, -0.2) is 9.59 Å². The van der Waals surface area contributed by atoms with E-state index < -0.39 is 67.2 Å². The maximum absolute atomic E-state index is 12.6. The molecule has 290 valence electrons. The van der Waals surface area contributed by atoms with Crippen molar-refractivity contribution >= 4 is 32.2 Å². The predicted octanol–water partition coefficient (Wildman–Crippen LogP) is 6.73. The van der Waals surface area contributed by atoms with Crippen molar-refractivity contribution in [2.24, 2.45) is 45.3 Å². The van der Waals surface area contributed by atoms with E-state index in [1.807, 2.05) is 0 Å². The minimum Gasteiger partial charge on any atom is -0.462 e. The van der Waals surface area contributed by atoms with E-state index in [0.29, 0.717) is 67.8 Å². The number of carbonyl (C=O) groups is 2. The van der Waals surface area contributed by atoms with Crippen molar-refractivity contribution in [2.45, 2.75) is 95.0 Å². The van der Waals surface area contributed by atoms with Gasteiger partial charge in [0.1, 0.15) is 0 Å². The molecule has 4 unspecified atom stereocenters. The van der Waals surface area contributed by atoms with Crippen LogP contribution in [0.5, 0.6) is 0 Å². The highest BCUT2D eigenvalue weighted by molar-refractivity contribution is 7.87. The Morgan fingerprint density at radius 2 is 0.961 bits per heavy atom. The average molecular weight is 779 g/mol. The molecule has 0 spiro atoms. The van der Waals surface area contributed by atoms with Gasteiger partial charge in [0, 0.05) is 22.5 Å². The summed E-state index contributed by atoms with van der Waals surface area (Å²) in [6, 6.07) is 0. The standard InChI is InChI=1S/C17H23F3O5S.C16H21F3O5S/c1-11(2)14(21)24-9-15-4-12-3-13(5-15)7-16(6-12,8-15)10-25-26(22,23)17(18,19)20;1-2-13(20)23-9-14-4-11-3-12(5-14)7-15(6-11,8-14)10-24-25(21,22)16(17,18)19/h12-13H,1,3-10H2,2H3;2,11-12H,1,3-10H2. The maximum Gasteiger partial charge on any atom is 0.523 e. The molecule has 8 saturated carbocycles. The normalized spacial score (nSPS) is 36.6. The van der Waals surface area contributed by atoms with Crippen LogP contribution in [0.3, 0.4) is 0 Å². The van der Waals surface area contributed by atoms with Crippen molar-refractivity contribution in [1.82, 2.24) is 0 Å². The highest BCUT2D eigenvalue weighted by Crippen LogP contribution is 2.67. The van der Waals surface area contributed by atoms with Crippen molar-refractivity contribution in [2.75, 3.05) is 26.4 Å². The zero-order chi connectivity index (χ0) is 37.9. The van der Waals surface area contributed by atoms with Gasteiger partial charge in [0.15, 0.2) is 0 Å². The summed E-state index contributed by atoms with van der Waals surface area (Å²) in [5, 5.41) is 0. The van der Waals surface area contributed by atoms with Gasteiger partial charge in [-0.1, -0.05) is 13.2 Å². The molecule has 0 radical (unpaired) electrons. The van der Waals surface area contributed by atoms with E-state index in [-0.39, 0.29) is 24.0 Å². The smallest absolute Gasteiger partial charge is 0.462 e. The SMILES string of the molecule is C=C(C)C(=O)OCC12CC3CC(C1)CC(COS(=O)(=O)C(F)(F)F)(C3)C2.C=CC(=O)OCC12CC3CC(C1)CC(COS(=O)(=O)C(F)(F)F)(C3)C2. The fraction of sp³-hybridized carbons (Fsp3) is 0.818. The van der Waals surface area contributed by atoms with Crippen molar-refractivity contribution in [1.29, 1.82) is 0 Å². The molecular formula is C33H44F6O10S2. The molecule has 0 N–H and O–H groups in total. The molecule has 10 nitrogen and oxygen atoms in total. The molecule has 0 aromatic heterocycles. The highest BCUT2D eigenvalue weighted by atomic mass is 32.2. The van der Waals surface area contributed by atoms with Crippen LogP contribution in [0.4, 0.5) is 26.3 Å². The van der Waals surface area contributed by atoms with E-state index in [0.717, 1.165) is 44.6 Å². The Hall–Kier alpha value is -2.18. The number of rotatable bonds is 12. The number of ether oxygens (including phenoxy) is 2. The van der Waals surface area contributed by atoms with Crippen LogP contribution < -0.4 is 0 Å². The molecule has 8 aliphatic rings. The summed E-state index contributed by atoms with van der Waals surface area (Å²) < 4.78 is 140. The lowest BCUT2D eigenvalue weighted by Gasteiger charge is -2.61. The van der Waals surface area contributed by atoms with Gasteiger partial charge in [0.25, 0.3) is 0 Å². The Morgan fingerprint density at radius 1 is 0.647 bits per heavy atom. The second kappa shape index (κ2) is 13.6. The third-order valence-corrected chi connectivity index (χ3v) is 13.7. The predicted molar refractivity (Wildman–Crippen MR) is 168 cm³/mol. The van der Waals surface area contributed by atoms with Crippen LogP contribution in [0.2, 0.25) is 0 Å². The van der Waals surface area contributed by atoms with Gasteiger partial charge < -0.3 is 9.47 Å². The zero-order valence-corrected chi connectivity index (χ0v) is 29.9. The fourth-order valence-corrected chi connectivity index (χ4v) is 12.2. The quantitative estimate of drug-likeness (QED) is 0.0690. The lowest BCUT2D eigenvalue weighted by molar-refractivity contribution is -0.166. The van der Waals surface area contributed by atoms with Crippen LogP contribution in [0.15, 0.2) is 24.8 Å². The van der Waals surface area contributed by atoms with E-state index in [9.17, 15) is 52.8 Å². The van der Waals surface area contributed by atoms with Crippen LogP contribution in [0.1, 0.15) is 84.0 Å². The summed E-state index contributed by atoms with van der Waals surface area (Å²) in [7, 11) is -11.2. The number of hydrogen-bond acceptors (Lipinski definition) is 10. The lowest BCUT2D eigenvalue weighted by Crippen LogP contribution is -2.55. The molecular weight excluding hydrogens is 734 g/mol. The fourth-order valence-electron chi connectivity index (χ4n) is 11.1. The molecule has 0 aliphatic heterocycles. The van der Waals surface area contributed by atoms with E-state index in [1.54, 1.807) is 6.92 Å². The average Bonchev–Trinajstić information content (AvgIpc) is 2.99. The molecule has 0 heterocycles. The Labute approximate surface area is 293 Å². The first-order valence-corrected chi connectivity index (χ1v) is 19.7. The Kier molecular flexibility index (Phi) is 10.7. The van der Waals surface area contributed by atoms with Gasteiger partial charge in [0.2, 0.25) is 0 Å². The molecule has 8 aliphatic carbocycles. The van der Waals surface area contributed by atoms with Crippen molar-refractivity contribution in [3.8, 4) is 0 Å². The highest BCUT2D eigenvalue weighted by Gasteiger charge is 2.61. The molecule has 8 fully saturated rings. The summed E-state index contributed by atoms with van der Waals surface area (Å²) >= 11 is 0. The Morgan fingerprint density at radius 3 is 1.25 bits per heavy atom. The summed E-state index contributed by atoms with van der Waals surface area (Å²) in [5.41, 5.74) is -12.3. The number of halogens is 6. The molecule has 51 heavy (non-hydrogen) atoms. The van der Waals surface area contributed by atoms with Crippen molar-refractivity contribution in [3.05, 3.63) is 24.8 Å². The van der Waals surface area contributed by atoms with Gasteiger partial charge in [-0.15, -0.1) is 0 Å². The van der Waals surface area contributed by atoms with E-state index in [2.05, 4.69) is 21.5 Å². The third kappa shape index (κ3) is 8.64. The van der Waals surface area contributed by atoms with Crippen LogP contribution in [0, 0.1) is 45.3 Å². The minimum absolute atomic E-state index is 0.193. The monoisotopic (exact) mass is 778 g/mol. The van der Waals surface area contributed by atoms with Gasteiger partial charge >= 0.3 is 43.2 Å². The third-order valence-electron chi connectivity index (χ3n) is 11.8. The topological polar surface area (TPSA) is 139 Å². The van der Waals surface area contributed by atoms with Crippen LogP contribution >= 0.6 is 0 Å². The number of hydrogen-bond donors (Lipinski definition) is 0. The van der Waals surface area contributed by atoms with Gasteiger partial charge in [0.05, 0.1) is 26.4 Å². The van der Waals surface area contributed by atoms with Crippen molar-refractivity contribution < 1.29 is 70.6 Å². The molecule has 4 atom stereocenters. The maximum atomic E-state index is 12.6. The molecule has 0 aromatic rings. The first-order valence-electron chi connectivity index (χ1n) is 16.9. The first kappa shape index (κ1) is 40.0. The van der Waals surface area contributed by atoms with Gasteiger partial charge in [-0.2, -0.15) is 43.2 Å². The van der Waals surface area contributed by atoms with Crippen molar-refractivity contribution in [3.63, 3.8) is 0 Å². The summed E-state index contributed by atoms with van der Waals surface area (Å²) in [6.07, 6.45) is 10.1. The molecule has 8 rings (SSSR count). The van der Waals surface area contributed by atoms with E-state index in [4.69, 9.17) is 9.47 Å². The zero-order valence-electron chi connectivity index (χ0n) is 28.3. The Balaban J connectivity index is 0.000000198. The minimum atomic E-state index is -5.60. The first-order chi connectivity index (χ1) is 23.3. The molecule has 18 heteroatoms. The lowest BCUT2D eigenvalue weighted by atomic mass is 9.44. The van der Waals surface area contributed by atoms with E-state index >= 15 is 0 Å². The molecule has 0 saturated heterocycles. The van der Waals surface area contributed by atoms with Gasteiger partial charge in [-0.05, 0) is 118 Å².